The van der Waals surface area contributed by atoms with Crippen molar-refractivity contribution in [1.29, 1.82) is 0 Å². The third kappa shape index (κ3) is 3.77. The highest BCUT2D eigenvalue weighted by atomic mass is 16.5. The molecule has 0 spiro atoms. The summed E-state index contributed by atoms with van der Waals surface area (Å²) < 4.78 is 4.92. The first-order chi connectivity index (χ1) is 6.02. The maximum absolute atomic E-state index is 11.2. The molecular formula is C10H21NO2. The number of nitrogens with one attached hydrogen (secondary N) is 1. The molecule has 1 unspecified atom stereocenters. The molecule has 0 amide bonds. The van der Waals surface area contributed by atoms with Crippen LogP contribution in [0.5, 0.6) is 0 Å². The summed E-state index contributed by atoms with van der Waals surface area (Å²) in [6, 6.07) is -0.142. The van der Waals surface area contributed by atoms with Gasteiger partial charge in [0.1, 0.15) is 12.6 Å². The molecule has 1 heterocycles. The number of carbonyl (C=O) groups excluding carboxylic acids is 1. The van der Waals surface area contributed by atoms with Crippen LogP contribution in [0.1, 0.15) is 34.6 Å². The van der Waals surface area contributed by atoms with Crippen LogP contribution in [-0.2, 0) is 9.53 Å². The molecule has 0 radical (unpaired) electrons. The van der Waals surface area contributed by atoms with Gasteiger partial charge in [0.15, 0.2) is 0 Å². The van der Waals surface area contributed by atoms with Crippen LogP contribution in [0.15, 0.2) is 0 Å². The molecule has 3 nitrogen and oxygen atoms in total. The fourth-order valence-electron chi connectivity index (χ4n) is 1.18. The second kappa shape index (κ2) is 5.22. The van der Waals surface area contributed by atoms with Crippen LogP contribution in [0, 0.1) is 5.41 Å². The monoisotopic (exact) mass is 187 g/mol. The second-order valence-electron chi connectivity index (χ2n) is 3.92. The zero-order valence-electron chi connectivity index (χ0n) is 9.31. The molecule has 0 saturated carbocycles. The van der Waals surface area contributed by atoms with E-state index in [1.165, 1.54) is 0 Å². The van der Waals surface area contributed by atoms with Crippen LogP contribution in [-0.4, -0.2) is 25.2 Å². The lowest BCUT2D eigenvalue weighted by molar-refractivity contribution is -0.152. The molecule has 1 rings (SSSR count). The van der Waals surface area contributed by atoms with E-state index < -0.39 is 0 Å². The molecule has 1 atom stereocenters. The molecule has 0 bridgehead atoms. The molecule has 78 valence electrons. The van der Waals surface area contributed by atoms with E-state index in [2.05, 4.69) is 5.32 Å². The topological polar surface area (TPSA) is 38.3 Å². The van der Waals surface area contributed by atoms with Crippen molar-refractivity contribution in [1.82, 2.24) is 5.32 Å². The largest absolute Gasteiger partial charge is 0.463 e. The highest BCUT2D eigenvalue weighted by Crippen LogP contribution is 2.21. The molecule has 0 aliphatic carbocycles. The highest BCUT2D eigenvalue weighted by Gasteiger charge is 2.34. The quantitative estimate of drug-likeness (QED) is 0.585. The van der Waals surface area contributed by atoms with E-state index in [1.54, 1.807) is 0 Å². The van der Waals surface area contributed by atoms with E-state index in [9.17, 15) is 4.79 Å². The Morgan fingerprint density at radius 3 is 2.23 bits per heavy atom. The minimum absolute atomic E-state index is 0.0441. The molecule has 0 aromatic carbocycles. The molecule has 1 saturated heterocycles. The fraction of sp³-hybridized carbons (Fsp3) is 0.900. The predicted octanol–water partition coefficient (Wildman–Crippen LogP) is 1.57. The summed E-state index contributed by atoms with van der Waals surface area (Å²) in [5, 5.41) is 3.13. The Hall–Kier alpha value is -0.570. The molecule has 1 aliphatic heterocycles. The van der Waals surface area contributed by atoms with Crippen molar-refractivity contribution in [2.75, 3.05) is 13.2 Å². The van der Waals surface area contributed by atoms with Crippen molar-refractivity contribution in [3.8, 4) is 0 Å². The van der Waals surface area contributed by atoms with E-state index in [1.807, 2.05) is 34.6 Å². The normalized spacial score (nSPS) is 22.8. The number of ether oxygens (including phenoxy) is 1. The standard InChI is InChI=1S/C8H15NO2.C2H6/c1-8(2,3)6-7(10)11-5-4-9-6;1-2/h6,9H,4-5H2,1-3H3;1-2H3. The van der Waals surface area contributed by atoms with Gasteiger partial charge in [0.05, 0.1) is 0 Å². The lowest BCUT2D eigenvalue weighted by Crippen LogP contribution is -2.52. The van der Waals surface area contributed by atoms with Crippen LogP contribution >= 0.6 is 0 Å². The van der Waals surface area contributed by atoms with Crippen molar-refractivity contribution in [2.24, 2.45) is 5.41 Å². The number of esters is 1. The van der Waals surface area contributed by atoms with Gasteiger partial charge in [-0.3, -0.25) is 4.79 Å². The lowest BCUT2D eigenvalue weighted by Gasteiger charge is -2.32. The van der Waals surface area contributed by atoms with E-state index in [4.69, 9.17) is 4.74 Å². The Kier molecular flexibility index (Phi) is 4.99. The molecule has 3 heteroatoms. The van der Waals surface area contributed by atoms with Crippen LogP contribution in [0.4, 0.5) is 0 Å². The Balaban J connectivity index is 0.000000671. The third-order valence-corrected chi connectivity index (χ3v) is 1.80. The zero-order chi connectivity index (χ0) is 10.5. The van der Waals surface area contributed by atoms with Crippen molar-refractivity contribution in [3.63, 3.8) is 0 Å². The number of rotatable bonds is 0. The van der Waals surface area contributed by atoms with Gasteiger partial charge in [-0.25, -0.2) is 0 Å². The molecule has 0 aromatic rings. The van der Waals surface area contributed by atoms with E-state index in [-0.39, 0.29) is 17.4 Å². The average Bonchev–Trinajstić information content (AvgIpc) is 2.07. The minimum atomic E-state index is -0.142. The van der Waals surface area contributed by atoms with Gasteiger partial charge in [-0.05, 0) is 5.41 Å². The van der Waals surface area contributed by atoms with Gasteiger partial charge < -0.3 is 10.1 Å². The Morgan fingerprint density at radius 1 is 1.38 bits per heavy atom. The van der Waals surface area contributed by atoms with Crippen LogP contribution in [0.25, 0.3) is 0 Å². The molecule has 13 heavy (non-hydrogen) atoms. The van der Waals surface area contributed by atoms with Gasteiger partial charge >= 0.3 is 5.97 Å². The molecular weight excluding hydrogens is 166 g/mol. The minimum Gasteiger partial charge on any atom is -0.463 e. The molecule has 1 fully saturated rings. The number of morpholine rings is 1. The summed E-state index contributed by atoms with van der Waals surface area (Å²) in [6.45, 7) is 11.4. The highest BCUT2D eigenvalue weighted by molar-refractivity contribution is 5.77. The van der Waals surface area contributed by atoms with Gasteiger partial charge in [0, 0.05) is 6.54 Å². The summed E-state index contributed by atoms with van der Waals surface area (Å²) in [5.74, 6) is -0.122. The van der Waals surface area contributed by atoms with Crippen LogP contribution < -0.4 is 5.32 Å². The smallest absolute Gasteiger partial charge is 0.323 e. The SMILES string of the molecule is CC.CC(C)(C)C1NCCOC1=O. The van der Waals surface area contributed by atoms with Crippen LogP contribution in [0.2, 0.25) is 0 Å². The van der Waals surface area contributed by atoms with Crippen molar-refractivity contribution >= 4 is 5.97 Å². The van der Waals surface area contributed by atoms with E-state index in [0.29, 0.717) is 6.61 Å². The summed E-state index contributed by atoms with van der Waals surface area (Å²) in [7, 11) is 0. The first-order valence-electron chi connectivity index (χ1n) is 4.92. The zero-order valence-corrected chi connectivity index (χ0v) is 9.31. The van der Waals surface area contributed by atoms with Gasteiger partial charge in [-0.2, -0.15) is 0 Å². The number of cyclic esters (lactones) is 1. The summed E-state index contributed by atoms with van der Waals surface area (Å²) in [4.78, 5) is 11.2. The average molecular weight is 187 g/mol. The summed E-state index contributed by atoms with van der Waals surface area (Å²) in [6.07, 6.45) is 0. The summed E-state index contributed by atoms with van der Waals surface area (Å²) >= 11 is 0. The lowest BCUT2D eigenvalue weighted by atomic mass is 9.86. The fourth-order valence-corrected chi connectivity index (χ4v) is 1.18. The number of hydrogen-bond donors (Lipinski definition) is 1. The predicted molar refractivity (Wildman–Crippen MR) is 53.6 cm³/mol. The maximum atomic E-state index is 11.2. The van der Waals surface area contributed by atoms with Crippen molar-refractivity contribution < 1.29 is 9.53 Å². The second-order valence-corrected chi connectivity index (χ2v) is 3.92. The van der Waals surface area contributed by atoms with Crippen molar-refractivity contribution in [2.45, 2.75) is 40.7 Å². The Morgan fingerprint density at radius 2 is 1.92 bits per heavy atom. The molecule has 1 aliphatic rings. The van der Waals surface area contributed by atoms with Gasteiger partial charge in [0.25, 0.3) is 0 Å². The molecule has 0 aromatic heterocycles. The van der Waals surface area contributed by atoms with Gasteiger partial charge in [0.2, 0.25) is 0 Å². The Labute approximate surface area is 80.8 Å². The molecule has 1 N–H and O–H groups in total. The van der Waals surface area contributed by atoms with Crippen molar-refractivity contribution in [3.05, 3.63) is 0 Å². The maximum Gasteiger partial charge on any atom is 0.323 e. The van der Waals surface area contributed by atoms with Gasteiger partial charge in [-0.1, -0.05) is 34.6 Å². The van der Waals surface area contributed by atoms with Gasteiger partial charge in [-0.15, -0.1) is 0 Å². The van der Waals surface area contributed by atoms with E-state index >= 15 is 0 Å². The first-order valence-corrected chi connectivity index (χ1v) is 4.92. The first kappa shape index (κ1) is 12.4. The third-order valence-electron chi connectivity index (χ3n) is 1.80. The van der Waals surface area contributed by atoms with Crippen LogP contribution in [0.3, 0.4) is 0 Å². The summed E-state index contributed by atoms with van der Waals surface area (Å²) in [5.41, 5.74) is -0.0441. The number of carbonyl (C=O) groups is 1. The number of hydrogen-bond acceptors (Lipinski definition) is 3. The Bertz CT molecular complexity index is 161. The van der Waals surface area contributed by atoms with E-state index in [0.717, 1.165) is 6.54 Å².